The van der Waals surface area contributed by atoms with Gasteiger partial charge in [-0.1, -0.05) is 28.1 Å². The highest BCUT2D eigenvalue weighted by atomic mass is 79.9. The van der Waals surface area contributed by atoms with Crippen molar-refractivity contribution >= 4 is 15.9 Å². The Balaban J connectivity index is 2.02. The normalized spacial score (nSPS) is 10.2. The molecule has 0 saturated heterocycles. The first kappa shape index (κ1) is 12.0. The van der Waals surface area contributed by atoms with Gasteiger partial charge in [0.15, 0.2) is 0 Å². The maximum absolute atomic E-state index is 9.15. The van der Waals surface area contributed by atoms with Crippen molar-refractivity contribution in [2.45, 2.75) is 13.5 Å². The largest absolute Gasteiger partial charge is 0.508 e. The summed E-state index contributed by atoms with van der Waals surface area (Å²) in [5, 5.41) is 9.15. The molecule has 1 N–H and O–H groups in total. The summed E-state index contributed by atoms with van der Waals surface area (Å²) in [6.07, 6.45) is 0. The quantitative estimate of drug-likeness (QED) is 0.925. The van der Waals surface area contributed by atoms with E-state index in [-0.39, 0.29) is 5.75 Å². The van der Waals surface area contributed by atoms with Crippen LogP contribution in [-0.4, -0.2) is 5.11 Å². The van der Waals surface area contributed by atoms with Crippen molar-refractivity contribution in [3.05, 3.63) is 58.1 Å². The predicted octanol–water partition coefficient (Wildman–Crippen LogP) is 4.04. The molecule has 88 valence electrons. The van der Waals surface area contributed by atoms with E-state index in [2.05, 4.69) is 22.0 Å². The second kappa shape index (κ2) is 5.23. The van der Waals surface area contributed by atoms with E-state index < -0.39 is 0 Å². The van der Waals surface area contributed by atoms with Gasteiger partial charge in [-0.05, 0) is 48.4 Å². The van der Waals surface area contributed by atoms with Crippen molar-refractivity contribution in [2.75, 3.05) is 0 Å². The van der Waals surface area contributed by atoms with Crippen LogP contribution in [0.4, 0.5) is 0 Å². The molecule has 17 heavy (non-hydrogen) atoms. The van der Waals surface area contributed by atoms with Crippen LogP contribution in [0.2, 0.25) is 0 Å². The Hall–Kier alpha value is -1.48. The van der Waals surface area contributed by atoms with Crippen LogP contribution in [0.1, 0.15) is 11.1 Å². The molecule has 0 aromatic heterocycles. The highest BCUT2D eigenvalue weighted by Crippen LogP contribution is 2.20. The molecule has 0 unspecified atom stereocenters. The van der Waals surface area contributed by atoms with Crippen molar-refractivity contribution in [2.24, 2.45) is 0 Å². The van der Waals surface area contributed by atoms with Crippen LogP contribution < -0.4 is 4.74 Å². The minimum atomic E-state index is 0.247. The molecular weight excluding hydrogens is 280 g/mol. The van der Waals surface area contributed by atoms with Gasteiger partial charge in [0, 0.05) is 4.47 Å². The van der Waals surface area contributed by atoms with Gasteiger partial charge in [0.1, 0.15) is 18.1 Å². The standard InChI is InChI=1S/C14H13BrO2/c1-10-8-11(2-7-14(10)15)9-17-13-5-3-12(16)4-6-13/h2-8,16H,9H2,1H3. The van der Waals surface area contributed by atoms with Gasteiger partial charge in [0.2, 0.25) is 0 Å². The fourth-order valence-electron chi connectivity index (χ4n) is 1.51. The van der Waals surface area contributed by atoms with Crippen LogP contribution in [0.15, 0.2) is 46.9 Å². The van der Waals surface area contributed by atoms with E-state index in [9.17, 15) is 0 Å². The molecule has 2 nitrogen and oxygen atoms in total. The molecule has 0 aliphatic rings. The lowest BCUT2D eigenvalue weighted by Crippen LogP contribution is -1.95. The van der Waals surface area contributed by atoms with Gasteiger partial charge in [-0.25, -0.2) is 0 Å². The predicted molar refractivity (Wildman–Crippen MR) is 71.3 cm³/mol. The number of hydrogen-bond donors (Lipinski definition) is 1. The zero-order chi connectivity index (χ0) is 12.3. The number of rotatable bonds is 3. The number of halogens is 1. The zero-order valence-electron chi connectivity index (χ0n) is 9.48. The summed E-state index contributed by atoms with van der Waals surface area (Å²) in [5.74, 6) is 1.00. The molecule has 0 fully saturated rings. The number of aryl methyl sites for hydroxylation is 1. The summed E-state index contributed by atoms with van der Waals surface area (Å²) < 4.78 is 6.72. The van der Waals surface area contributed by atoms with Gasteiger partial charge in [-0.15, -0.1) is 0 Å². The van der Waals surface area contributed by atoms with E-state index in [1.807, 2.05) is 19.1 Å². The van der Waals surface area contributed by atoms with Gasteiger partial charge < -0.3 is 9.84 Å². The van der Waals surface area contributed by atoms with Gasteiger partial charge in [0.05, 0.1) is 0 Å². The first-order valence-corrected chi connectivity index (χ1v) is 6.11. The Morgan fingerprint density at radius 2 is 1.82 bits per heavy atom. The topological polar surface area (TPSA) is 29.5 Å². The first-order chi connectivity index (χ1) is 8.15. The molecule has 0 bridgehead atoms. The summed E-state index contributed by atoms with van der Waals surface area (Å²) in [6.45, 7) is 2.58. The third kappa shape index (κ3) is 3.24. The average Bonchev–Trinajstić information content (AvgIpc) is 2.33. The highest BCUT2D eigenvalue weighted by Gasteiger charge is 1.99. The Bertz CT molecular complexity index is 506. The van der Waals surface area contributed by atoms with Gasteiger partial charge >= 0.3 is 0 Å². The fraction of sp³-hybridized carbons (Fsp3) is 0.143. The Morgan fingerprint density at radius 3 is 2.47 bits per heavy atom. The maximum Gasteiger partial charge on any atom is 0.120 e. The van der Waals surface area contributed by atoms with E-state index in [0.717, 1.165) is 15.8 Å². The summed E-state index contributed by atoms with van der Waals surface area (Å²) in [7, 11) is 0. The molecule has 0 amide bonds. The summed E-state index contributed by atoms with van der Waals surface area (Å²) >= 11 is 3.46. The lowest BCUT2D eigenvalue weighted by Gasteiger charge is -2.07. The minimum absolute atomic E-state index is 0.247. The van der Waals surface area contributed by atoms with Crippen molar-refractivity contribution in [1.82, 2.24) is 0 Å². The van der Waals surface area contributed by atoms with E-state index in [4.69, 9.17) is 9.84 Å². The lowest BCUT2D eigenvalue weighted by molar-refractivity contribution is 0.305. The van der Waals surface area contributed by atoms with E-state index in [1.165, 1.54) is 5.56 Å². The van der Waals surface area contributed by atoms with E-state index in [1.54, 1.807) is 24.3 Å². The summed E-state index contributed by atoms with van der Waals surface area (Å²) in [6, 6.07) is 12.9. The monoisotopic (exact) mass is 292 g/mol. The molecule has 0 spiro atoms. The van der Waals surface area contributed by atoms with Crippen LogP contribution >= 0.6 is 15.9 Å². The van der Waals surface area contributed by atoms with Gasteiger partial charge in [0.25, 0.3) is 0 Å². The van der Waals surface area contributed by atoms with E-state index in [0.29, 0.717) is 6.61 Å². The van der Waals surface area contributed by atoms with Crippen LogP contribution in [0.3, 0.4) is 0 Å². The SMILES string of the molecule is Cc1cc(COc2ccc(O)cc2)ccc1Br. The van der Waals surface area contributed by atoms with Gasteiger partial charge in [-0.2, -0.15) is 0 Å². The Labute approximate surface area is 109 Å². The molecule has 0 atom stereocenters. The summed E-state index contributed by atoms with van der Waals surface area (Å²) in [4.78, 5) is 0. The molecule has 2 rings (SSSR count). The van der Waals surface area contributed by atoms with Crippen LogP contribution in [0.5, 0.6) is 11.5 Å². The van der Waals surface area contributed by atoms with Crippen molar-refractivity contribution in [3.63, 3.8) is 0 Å². The van der Waals surface area contributed by atoms with Crippen LogP contribution in [-0.2, 0) is 6.61 Å². The molecule has 0 aliphatic heterocycles. The molecule has 0 aliphatic carbocycles. The number of benzene rings is 2. The molecule has 0 saturated carbocycles. The van der Waals surface area contributed by atoms with Crippen molar-refractivity contribution in [3.8, 4) is 11.5 Å². The smallest absolute Gasteiger partial charge is 0.120 e. The maximum atomic E-state index is 9.15. The Kier molecular flexibility index (Phi) is 3.69. The third-order valence-corrected chi connectivity index (χ3v) is 3.35. The molecule has 3 heteroatoms. The fourth-order valence-corrected chi connectivity index (χ4v) is 1.75. The molecular formula is C14H13BrO2. The highest BCUT2D eigenvalue weighted by molar-refractivity contribution is 9.10. The average molecular weight is 293 g/mol. The molecule has 2 aromatic rings. The number of hydrogen-bond acceptors (Lipinski definition) is 2. The lowest BCUT2D eigenvalue weighted by atomic mass is 10.1. The zero-order valence-corrected chi connectivity index (χ0v) is 11.1. The van der Waals surface area contributed by atoms with Crippen LogP contribution in [0, 0.1) is 6.92 Å². The Morgan fingerprint density at radius 1 is 1.12 bits per heavy atom. The molecule has 0 radical (unpaired) electrons. The number of aromatic hydroxyl groups is 1. The second-order valence-electron chi connectivity index (χ2n) is 3.87. The van der Waals surface area contributed by atoms with E-state index >= 15 is 0 Å². The first-order valence-electron chi connectivity index (χ1n) is 5.32. The van der Waals surface area contributed by atoms with Crippen molar-refractivity contribution in [1.29, 1.82) is 0 Å². The third-order valence-electron chi connectivity index (χ3n) is 2.46. The van der Waals surface area contributed by atoms with Crippen molar-refractivity contribution < 1.29 is 9.84 Å². The number of phenolic OH excluding ortho intramolecular Hbond substituents is 1. The van der Waals surface area contributed by atoms with Gasteiger partial charge in [-0.3, -0.25) is 0 Å². The minimum Gasteiger partial charge on any atom is -0.508 e. The molecule has 0 heterocycles. The second-order valence-corrected chi connectivity index (χ2v) is 4.72. The number of ether oxygens (including phenoxy) is 1. The summed E-state index contributed by atoms with van der Waals surface area (Å²) in [5.41, 5.74) is 2.32. The number of phenols is 1. The molecule has 2 aromatic carbocycles. The van der Waals surface area contributed by atoms with Crippen LogP contribution in [0.25, 0.3) is 0 Å².